The van der Waals surface area contributed by atoms with E-state index in [1.807, 2.05) is 0 Å². The van der Waals surface area contributed by atoms with Crippen LogP contribution in [0, 0.1) is 0 Å². The fourth-order valence-electron chi connectivity index (χ4n) is 3.63. The molecule has 0 spiro atoms. The minimum Gasteiger partial charge on any atom is -0.490 e. The number of aliphatic hydroxyl groups is 1. The van der Waals surface area contributed by atoms with Crippen LogP contribution in [0.1, 0.15) is 24.0 Å². The van der Waals surface area contributed by atoms with Crippen LogP contribution in [0.5, 0.6) is 5.75 Å². The predicted octanol–water partition coefficient (Wildman–Crippen LogP) is 3.12. The minimum absolute atomic E-state index is 0.210. The van der Waals surface area contributed by atoms with Gasteiger partial charge in [-0.25, -0.2) is 0 Å². The van der Waals surface area contributed by atoms with Gasteiger partial charge in [0.1, 0.15) is 17.5 Å². The third-order valence-electron chi connectivity index (χ3n) is 5.58. The Labute approximate surface area is 183 Å². The molecule has 0 aromatic heterocycles. The number of hydrogen-bond donors (Lipinski definition) is 2. The van der Waals surface area contributed by atoms with Gasteiger partial charge in [0.25, 0.3) is 0 Å². The van der Waals surface area contributed by atoms with Crippen LogP contribution in [0.2, 0.25) is 0 Å². The average molecular weight is 472 g/mol. The van der Waals surface area contributed by atoms with Gasteiger partial charge in [0.05, 0.1) is 18.8 Å². The van der Waals surface area contributed by atoms with E-state index >= 15 is 0 Å². The Morgan fingerprint density at radius 3 is 2.12 bits per heavy atom. The molecule has 0 atom stereocenters. The quantitative estimate of drug-likeness (QED) is 0.675. The summed E-state index contributed by atoms with van der Waals surface area (Å²) < 4.78 is 77.9. The van der Waals surface area contributed by atoms with E-state index in [1.165, 1.54) is 16.4 Å². The maximum Gasteiger partial charge on any atom is 0.416 e. The average Bonchev–Trinajstić information content (AvgIpc) is 2.72. The third kappa shape index (κ3) is 5.01. The number of nitrogens with one attached hydrogen (secondary N) is 1. The maximum absolute atomic E-state index is 12.7. The van der Waals surface area contributed by atoms with Gasteiger partial charge in [-0.2, -0.15) is 25.9 Å². The molecule has 0 amide bonds. The van der Waals surface area contributed by atoms with Crippen molar-refractivity contribution < 1.29 is 36.2 Å². The standard InChI is InChI=1S/C21H23F3N2O5S/c22-21(23,24)16-3-7-18(8-4-16)31-19-9-11-26(12-10-19)32(28,29)25-17-5-1-15(2-6-17)20(27)13-30-14-20/h1-8,19,25,27H,9-14H2. The van der Waals surface area contributed by atoms with E-state index in [1.54, 1.807) is 24.3 Å². The van der Waals surface area contributed by atoms with Crippen molar-refractivity contribution in [2.24, 2.45) is 0 Å². The van der Waals surface area contributed by atoms with E-state index < -0.39 is 27.6 Å². The molecule has 2 aliphatic heterocycles. The molecule has 0 unspecified atom stereocenters. The largest absolute Gasteiger partial charge is 0.490 e. The summed E-state index contributed by atoms with van der Waals surface area (Å²) in [5.74, 6) is 0.316. The number of benzene rings is 2. The molecule has 7 nitrogen and oxygen atoms in total. The molecule has 2 fully saturated rings. The number of ether oxygens (including phenoxy) is 2. The maximum atomic E-state index is 12.7. The molecule has 0 aliphatic carbocycles. The van der Waals surface area contributed by atoms with Crippen LogP contribution >= 0.6 is 0 Å². The Kier molecular flexibility index (Phi) is 6.10. The summed E-state index contributed by atoms with van der Waals surface area (Å²) in [6, 6.07) is 10.9. The van der Waals surface area contributed by atoms with Gasteiger partial charge in [0.2, 0.25) is 0 Å². The van der Waals surface area contributed by atoms with Crippen molar-refractivity contribution in [3.05, 3.63) is 59.7 Å². The van der Waals surface area contributed by atoms with Crippen LogP contribution < -0.4 is 9.46 Å². The van der Waals surface area contributed by atoms with Gasteiger partial charge in [-0.1, -0.05) is 12.1 Å². The van der Waals surface area contributed by atoms with Gasteiger partial charge in [0.15, 0.2) is 0 Å². The molecule has 11 heteroatoms. The molecule has 2 saturated heterocycles. The lowest BCUT2D eigenvalue weighted by Gasteiger charge is -2.36. The molecule has 0 bridgehead atoms. The van der Waals surface area contributed by atoms with Crippen molar-refractivity contribution in [2.45, 2.75) is 30.7 Å². The number of piperidine rings is 1. The minimum atomic E-state index is -4.41. The van der Waals surface area contributed by atoms with E-state index in [0.29, 0.717) is 29.8 Å². The molecule has 174 valence electrons. The molecule has 0 radical (unpaired) electrons. The van der Waals surface area contributed by atoms with Crippen molar-refractivity contribution in [2.75, 3.05) is 31.0 Å². The molecular formula is C21H23F3N2O5S. The fourth-order valence-corrected chi connectivity index (χ4v) is 4.88. The smallest absolute Gasteiger partial charge is 0.416 e. The number of alkyl halides is 3. The van der Waals surface area contributed by atoms with Crippen LogP contribution in [0.4, 0.5) is 18.9 Å². The SMILES string of the molecule is O=S(=O)(Nc1ccc(C2(O)COC2)cc1)N1CCC(Oc2ccc(C(F)(F)F)cc2)CC1. The predicted molar refractivity (Wildman–Crippen MR) is 110 cm³/mol. The first-order chi connectivity index (χ1) is 15.1. The topological polar surface area (TPSA) is 88.1 Å². The molecule has 2 heterocycles. The van der Waals surface area contributed by atoms with E-state index in [9.17, 15) is 26.7 Å². The lowest BCUT2D eigenvalue weighted by Crippen LogP contribution is -2.46. The summed E-state index contributed by atoms with van der Waals surface area (Å²) in [7, 11) is -3.78. The monoisotopic (exact) mass is 472 g/mol. The number of halogens is 3. The molecule has 2 aromatic carbocycles. The van der Waals surface area contributed by atoms with Gasteiger partial charge in [-0.3, -0.25) is 4.72 Å². The van der Waals surface area contributed by atoms with Gasteiger partial charge in [-0.05, 0) is 54.8 Å². The second-order valence-corrected chi connectivity index (χ2v) is 9.62. The summed E-state index contributed by atoms with van der Waals surface area (Å²) in [6.07, 6.45) is -3.87. The Morgan fingerprint density at radius 1 is 1.03 bits per heavy atom. The van der Waals surface area contributed by atoms with Crippen molar-refractivity contribution in [1.82, 2.24) is 4.31 Å². The van der Waals surface area contributed by atoms with Gasteiger partial charge in [0, 0.05) is 18.8 Å². The zero-order valence-corrected chi connectivity index (χ0v) is 17.8. The highest BCUT2D eigenvalue weighted by Crippen LogP contribution is 2.32. The molecule has 2 N–H and O–H groups in total. The zero-order chi connectivity index (χ0) is 23.0. The number of hydrogen-bond acceptors (Lipinski definition) is 5. The molecular weight excluding hydrogens is 449 g/mol. The highest BCUT2D eigenvalue weighted by Gasteiger charge is 2.38. The number of anilines is 1. The lowest BCUT2D eigenvalue weighted by atomic mass is 9.92. The van der Waals surface area contributed by atoms with E-state index in [-0.39, 0.29) is 32.4 Å². The van der Waals surface area contributed by atoms with Crippen LogP contribution in [-0.4, -0.2) is 50.2 Å². The molecule has 0 saturated carbocycles. The second kappa shape index (κ2) is 8.54. The fraction of sp³-hybridized carbons (Fsp3) is 0.429. The first-order valence-electron chi connectivity index (χ1n) is 10.1. The van der Waals surface area contributed by atoms with Crippen LogP contribution in [0.15, 0.2) is 48.5 Å². The Bertz CT molecular complexity index is 1030. The summed E-state index contributed by atoms with van der Waals surface area (Å²) in [4.78, 5) is 0. The summed E-state index contributed by atoms with van der Waals surface area (Å²) in [5, 5.41) is 10.3. The van der Waals surface area contributed by atoms with Crippen LogP contribution in [0.25, 0.3) is 0 Å². The van der Waals surface area contributed by atoms with Gasteiger partial charge < -0.3 is 14.6 Å². The number of nitrogens with zero attached hydrogens (tertiary/aromatic N) is 1. The van der Waals surface area contributed by atoms with Crippen molar-refractivity contribution in [3.8, 4) is 5.75 Å². The molecule has 32 heavy (non-hydrogen) atoms. The third-order valence-corrected chi connectivity index (χ3v) is 7.11. The Balaban J connectivity index is 1.30. The van der Waals surface area contributed by atoms with E-state index in [4.69, 9.17) is 9.47 Å². The van der Waals surface area contributed by atoms with Crippen molar-refractivity contribution >= 4 is 15.9 Å². The van der Waals surface area contributed by atoms with E-state index in [2.05, 4.69) is 4.72 Å². The summed E-state index contributed by atoms with van der Waals surface area (Å²) in [5.41, 5.74) is -0.736. The van der Waals surface area contributed by atoms with Crippen molar-refractivity contribution in [3.63, 3.8) is 0 Å². The van der Waals surface area contributed by atoms with Gasteiger partial charge in [-0.15, -0.1) is 0 Å². The summed E-state index contributed by atoms with van der Waals surface area (Å²) in [6.45, 7) is 0.856. The molecule has 4 rings (SSSR count). The van der Waals surface area contributed by atoms with E-state index in [0.717, 1.165) is 12.1 Å². The van der Waals surface area contributed by atoms with Gasteiger partial charge >= 0.3 is 16.4 Å². The Morgan fingerprint density at radius 2 is 1.62 bits per heavy atom. The highest BCUT2D eigenvalue weighted by molar-refractivity contribution is 7.90. The normalized spacial score (nSPS) is 19.9. The summed E-state index contributed by atoms with van der Waals surface area (Å²) >= 11 is 0. The van der Waals surface area contributed by atoms with Crippen LogP contribution in [0.3, 0.4) is 0 Å². The van der Waals surface area contributed by atoms with Crippen molar-refractivity contribution in [1.29, 1.82) is 0 Å². The second-order valence-electron chi connectivity index (χ2n) is 7.95. The number of rotatable bonds is 6. The lowest BCUT2D eigenvalue weighted by molar-refractivity contribution is -0.184. The first kappa shape index (κ1) is 22.8. The zero-order valence-electron chi connectivity index (χ0n) is 17.0. The highest BCUT2D eigenvalue weighted by atomic mass is 32.2. The van der Waals surface area contributed by atoms with Crippen LogP contribution in [-0.2, 0) is 26.7 Å². The molecule has 2 aliphatic rings. The Hall–Kier alpha value is -2.34. The first-order valence-corrected chi connectivity index (χ1v) is 11.5. The molecule has 2 aromatic rings.